The van der Waals surface area contributed by atoms with Crippen molar-refractivity contribution in [2.24, 2.45) is 5.73 Å². The van der Waals surface area contributed by atoms with Gasteiger partial charge < -0.3 is 10.5 Å². The molecule has 0 unspecified atom stereocenters. The van der Waals surface area contributed by atoms with Crippen molar-refractivity contribution in [3.63, 3.8) is 0 Å². The predicted molar refractivity (Wildman–Crippen MR) is 64.7 cm³/mol. The number of rotatable bonds is 3. The minimum Gasteiger partial charge on any atom is -0.445 e. The SMILES string of the molecule is CC(=O)N(C(C)=O)c1ccccc1COC(N)=O. The number of nitrogens with two attached hydrogens (primary N) is 1. The highest BCUT2D eigenvalue weighted by molar-refractivity contribution is 6.13. The molecule has 0 atom stereocenters. The number of amides is 3. The lowest BCUT2D eigenvalue weighted by Gasteiger charge is -2.20. The Morgan fingerprint density at radius 3 is 2.22 bits per heavy atom. The minimum absolute atomic E-state index is 0.0947. The highest BCUT2D eigenvalue weighted by Gasteiger charge is 2.19. The average Bonchev–Trinajstić information content (AvgIpc) is 2.26. The third kappa shape index (κ3) is 3.31. The Bertz CT molecular complexity index is 471. The van der Waals surface area contributed by atoms with E-state index in [-0.39, 0.29) is 6.61 Å². The maximum Gasteiger partial charge on any atom is 0.404 e. The summed E-state index contributed by atoms with van der Waals surface area (Å²) in [6.45, 7) is 2.48. The first-order valence-corrected chi connectivity index (χ1v) is 5.25. The van der Waals surface area contributed by atoms with Crippen LogP contribution in [0.1, 0.15) is 19.4 Å². The Labute approximate surface area is 104 Å². The molecule has 0 heterocycles. The van der Waals surface area contributed by atoms with E-state index in [9.17, 15) is 14.4 Å². The lowest BCUT2D eigenvalue weighted by atomic mass is 10.1. The number of ether oxygens (including phenoxy) is 1. The Hall–Kier alpha value is -2.37. The monoisotopic (exact) mass is 250 g/mol. The van der Waals surface area contributed by atoms with Crippen LogP contribution in [0.5, 0.6) is 0 Å². The number of nitrogens with zero attached hydrogens (tertiary/aromatic N) is 1. The highest BCUT2D eigenvalue weighted by atomic mass is 16.5. The second kappa shape index (κ2) is 5.81. The van der Waals surface area contributed by atoms with Gasteiger partial charge in [-0.25, -0.2) is 4.79 Å². The second-order valence-electron chi connectivity index (χ2n) is 3.61. The van der Waals surface area contributed by atoms with Gasteiger partial charge in [-0.05, 0) is 6.07 Å². The smallest absolute Gasteiger partial charge is 0.404 e. The molecule has 0 aliphatic rings. The third-order valence-corrected chi connectivity index (χ3v) is 2.23. The van der Waals surface area contributed by atoms with Crippen LogP contribution in [0.25, 0.3) is 0 Å². The van der Waals surface area contributed by atoms with E-state index in [4.69, 9.17) is 5.73 Å². The molecule has 1 aromatic carbocycles. The van der Waals surface area contributed by atoms with Crippen molar-refractivity contribution < 1.29 is 19.1 Å². The van der Waals surface area contributed by atoms with Gasteiger partial charge in [0.2, 0.25) is 11.8 Å². The summed E-state index contributed by atoms with van der Waals surface area (Å²) in [4.78, 5) is 34.5. The standard InChI is InChI=1S/C12H14N2O4/c1-8(15)14(9(2)16)11-6-4-3-5-10(11)7-18-12(13)17/h3-6H,7H2,1-2H3,(H2,13,17). The van der Waals surface area contributed by atoms with Crippen LogP contribution >= 0.6 is 0 Å². The molecule has 0 radical (unpaired) electrons. The van der Waals surface area contributed by atoms with Crippen molar-refractivity contribution in [2.45, 2.75) is 20.5 Å². The predicted octanol–water partition coefficient (Wildman–Crippen LogP) is 1.18. The lowest BCUT2D eigenvalue weighted by Crippen LogP contribution is -2.34. The van der Waals surface area contributed by atoms with Crippen LogP contribution in [0.3, 0.4) is 0 Å². The van der Waals surface area contributed by atoms with E-state index in [1.165, 1.54) is 13.8 Å². The second-order valence-corrected chi connectivity index (χ2v) is 3.61. The minimum atomic E-state index is -0.915. The number of hydrogen-bond acceptors (Lipinski definition) is 4. The lowest BCUT2D eigenvalue weighted by molar-refractivity contribution is -0.124. The molecule has 3 amide bonds. The van der Waals surface area contributed by atoms with Crippen molar-refractivity contribution in [1.82, 2.24) is 0 Å². The van der Waals surface area contributed by atoms with E-state index in [0.29, 0.717) is 11.3 Å². The van der Waals surface area contributed by atoms with Gasteiger partial charge in [0, 0.05) is 19.4 Å². The van der Waals surface area contributed by atoms with Gasteiger partial charge in [-0.15, -0.1) is 0 Å². The zero-order chi connectivity index (χ0) is 13.7. The number of hydrogen-bond donors (Lipinski definition) is 1. The number of carbonyl (C=O) groups excluding carboxylic acids is 3. The van der Waals surface area contributed by atoms with Crippen molar-refractivity contribution in [3.8, 4) is 0 Å². The summed E-state index contributed by atoms with van der Waals surface area (Å²) in [6.07, 6.45) is -0.915. The fourth-order valence-electron chi connectivity index (χ4n) is 1.56. The van der Waals surface area contributed by atoms with E-state index in [2.05, 4.69) is 4.74 Å². The number of para-hydroxylation sites is 1. The van der Waals surface area contributed by atoms with Crippen molar-refractivity contribution in [2.75, 3.05) is 4.90 Å². The quantitative estimate of drug-likeness (QED) is 0.872. The van der Waals surface area contributed by atoms with Gasteiger partial charge in [-0.3, -0.25) is 14.5 Å². The summed E-state index contributed by atoms with van der Waals surface area (Å²) in [7, 11) is 0. The van der Waals surface area contributed by atoms with E-state index in [1.54, 1.807) is 24.3 Å². The van der Waals surface area contributed by atoms with E-state index < -0.39 is 17.9 Å². The van der Waals surface area contributed by atoms with Gasteiger partial charge in [-0.2, -0.15) is 0 Å². The molecule has 96 valence electrons. The van der Waals surface area contributed by atoms with Crippen molar-refractivity contribution in [3.05, 3.63) is 29.8 Å². The van der Waals surface area contributed by atoms with E-state index >= 15 is 0 Å². The normalized spacial score (nSPS) is 9.67. The van der Waals surface area contributed by atoms with Gasteiger partial charge in [0.05, 0.1) is 5.69 Å². The number of carbonyl (C=O) groups is 3. The fraction of sp³-hybridized carbons (Fsp3) is 0.250. The van der Waals surface area contributed by atoms with E-state index in [1.807, 2.05) is 0 Å². The number of imide groups is 1. The van der Waals surface area contributed by atoms with E-state index in [0.717, 1.165) is 4.90 Å². The van der Waals surface area contributed by atoms with Gasteiger partial charge >= 0.3 is 6.09 Å². The summed E-state index contributed by atoms with van der Waals surface area (Å²) in [5, 5.41) is 0. The summed E-state index contributed by atoms with van der Waals surface area (Å²) >= 11 is 0. The van der Waals surface area contributed by atoms with Crippen molar-refractivity contribution >= 4 is 23.6 Å². The fourth-order valence-corrected chi connectivity index (χ4v) is 1.56. The summed E-state index contributed by atoms with van der Waals surface area (Å²) in [6, 6.07) is 6.64. The molecule has 0 aliphatic heterocycles. The first-order valence-electron chi connectivity index (χ1n) is 5.25. The molecule has 18 heavy (non-hydrogen) atoms. The molecular formula is C12H14N2O4. The maximum absolute atomic E-state index is 11.4. The molecule has 2 N–H and O–H groups in total. The topological polar surface area (TPSA) is 89.7 Å². The molecule has 0 aromatic heterocycles. The van der Waals surface area contributed by atoms with Crippen molar-refractivity contribution in [1.29, 1.82) is 0 Å². The summed E-state index contributed by atoms with van der Waals surface area (Å²) < 4.78 is 4.67. The summed E-state index contributed by atoms with van der Waals surface area (Å²) in [5.74, 6) is -0.817. The molecule has 6 nitrogen and oxygen atoms in total. The Morgan fingerprint density at radius 2 is 1.72 bits per heavy atom. The Kier molecular flexibility index (Phi) is 4.42. The molecule has 0 aliphatic carbocycles. The molecule has 6 heteroatoms. The highest BCUT2D eigenvalue weighted by Crippen LogP contribution is 2.21. The zero-order valence-electron chi connectivity index (χ0n) is 10.2. The molecule has 0 spiro atoms. The van der Waals surface area contributed by atoms with Crippen LogP contribution in [-0.2, 0) is 20.9 Å². The molecule has 1 rings (SSSR count). The molecule has 1 aromatic rings. The van der Waals surface area contributed by atoms with Crippen LogP contribution in [0.15, 0.2) is 24.3 Å². The largest absolute Gasteiger partial charge is 0.445 e. The molecule has 0 fully saturated rings. The first kappa shape index (κ1) is 13.7. The van der Waals surface area contributed by atoms with Gasteiger partial charge in [0.25, 0.3) is 0 Å². The van der Waals surface area contributed by atoms with Crippen LogP contribution in [0.4, 0.5) is 10.5 Å². The molecule has 0 bridgehead atoms. The zero-order valence-corrected chi connectivity index (χ0v) is 10.2. The van der Waals surface area contributed by atoms with Crippen LogP contribution in [-0.4, -0.2) is 17.9 Å². The number of anilines is 1. The van der Waals surface area contributed by atoms with Crippen LogP contribution in [0, 0.1) is 0 Å². The Morgan fingerprint density at radius 1 is 1.17 bits per heavy atom. The Balaban J connectivity index is 3.10. The van der Waals surface area contributed by atoms with Crippen LogP contribution < -0.4 is 10.6 Å². The van der Waals surface area contributed by atoms with Gasteiger partial charge in [0.1, 0.15) is 6.61 Å². The van der Waals surface area contributed by atoms with Gasteiger partial charge in [-0.1, -0.05) is 18.2 Å². The van der Waals surface area contributed by atoms with Gasteiger partial charge in [0.15, 0.2) is 0 Å². The molecular weight excluding hydrogens is 236 g/mol. The number of benzene rings is 1. The first-order chi connectivity index (χ1) is 8.43. The van der Waals surface area contributed by atoms with Crippen LogP contribution in [0.2, 0.25) is 0 Å². The molecule has 0 saturated carbocycles. The molecule has 0 saturated heterocycles. The summed E-state index contributed by atoms with van der Waals surface area (Å²) in [5.41, 5.74) is 5.79. The maximum atomic E-state index is 11.4. The number of primary amides is 1. The average molecular weight is 250 g/mol. The third-order valence-electron chi connectivity index (χ3n) is 2.23.